The zero-order valence-corrected chi connectivity index (χ0v) is 11.4. The molecule has 0 aliphatic carbocycles. The lowest BCUT2D eigenvalue weighted by molar-refractivity contribution is 0.0855. The van der Waals surface area contributed by atoms with Crippen molar-refractivity contribution in [3.05, 3.63) is 64.7 Å². The van der Waals surface area contributed by atoms with Gasteiger partial charge in [0.05, 0.1) is 6.61 Å². The molecular weight excluding hydrogens is 246 g/mol. The standard InChI is InChI=1S/C18H17NO/c1-2-6-14-13(4-1)10-19-9-8-12-5-3-7-16-17(12)18(19)15(14)11-20-16/h1-7,15,18H,8-11H2. The van der Waals surface area contributed by atoms with Crippen LogP contribution in [0.1, 0.15) is 34.2 Å². The third-order valence-electron chi connectivity index (χ3n) is 5.14. The van der Waals surface area contributed by atoms with Crippen molar-refractivity contribution in [2.24, 2.45) is 0 Å². The molecule has 2 unspecified atom stereocenters. The van der Waals surface area contributed by atoms with Gasteiger partial charge >= 0.3 is 0 Å². The normalized spacial score (nSPS) is 26.4. The minimum absolute atomic E-state index is 0.494. The van der Waals surface area contributed by atoms with Crippen LogP contribution in [0.2, 0.25) is 0 Å². The van der Waals surface area contributed by atoms with E-state index in [0.717, 1.165) is 25.3 Å². The number of fused-ring (bicyclic) bond motifs is 2. The summed E-state index contributed by atoms with van der Waals surface area (Å²) < 4.78 is 6.09. The van der Waals surface area contributed by atoms with Crippen LogP contribution in [0.15, 0.2) is 42.5 Å². The summed E-state index contributed by atoms with van der Waals surface area (Å²) in [7, 11) is 0. The highest BCUT2D eigenvalue weighted by atomic mass is 16.5. The van der Waals surface area contributed by atoms with Crippen LogP contribution >= 0.6 is 0 Å². The molecule has 0 saturated carbocycles. The van der Waals surface area contributed by atoms with Gasteiger partial charge in [0.2, 0.25) is 0 Å². The average molecular weight is 263 g/mol. The molecule has 3 heterocycles. The molecule has 0 N–H and O–H groups in total. The Morgan fingerprint density at radius 1 is 1.00 bits per heavy atom. The van der Waals surface area contributed by atoms with E-state index in [2.05, 4.69) is 47.4 Å². The third-order valence-corrected chi connectivity index (χ3v) is 5.14. The van der Waals surface area contributed by atoms with Crippen molar-refractivity contribution < 1.29 is 4.74 Å². The molecule has 0 radical (unpaired) electrons. The first-order valence-corrected chi connectivity index (χ1v) is 7.48. The van der Waals surface area contributed by atoms with Gasteiger partial charge in [0.15, 0.2) is 0 Å². The topological polar surface area (TPSA) is 12.5 Å². The minimum atomic E-state index is 0.494. The van der Waals surface area contributed by atoms with E-state index in [1.54, 1.807) is 0 Å². The number of nitrogens with zero attached hydrogens (tertiary/aromatic N) is 1. The van der Waals surface area contributed by atoms with E-state index in [1.807, 2.05) is 0 Å². The highest BCUT2D eigenvalue weighted by molar-refractivity contribution is 5.50. The molecule has 0 fully saturated rings. The molecule has 2 nitrogen and oxygen atoms in total. The molecule has 100 valence electrons. The molecule has 0 spiro atoms. The van der Waals surface area contributed by atoms with E-state index >= 15 is 0 Å². The van der Waals surface area contributed by atoms with Crippen molar-refractivity contribution in [1.82, 2.24) is 4.90 Å². The predicted octanol–water partition coefficient (Wildman–Crippen LogP) is 3.28. The Morgan fingerprint density at radius 2 is 1.90 bits per heavy atom. The van der Waals surface area contributed by atoms with Gasteiger partial charge in [-0.1, -0.05) is 36.4 Å². The molecule has 0 amide bonds. The summed E-state index contributed by atoms with van der Waals surface area (Å²) >= 11 is 0. The zero-order valence-electron chi connectivity index (χ0n) is 11.4. The van der Waals surface area contributed by atoms with Crippen LogP contribution in [0.25, 0.3) is 0 Å². The second-order valence-electron chi connectivity index (χ2n) is 6.11. The molecule has 3 aliphatic rings. The first-order chi connectivity index (χ1) is 9.92. The molecule has 0 bridgehead atoms. The Hall–Kier alpha value is -1.80. The van der Waals surface area contributed by atoms with Crippen LogP contribution < -0.4 is 4.74 Å². The maximum absolute atomic E-state index is 6.09. The molecule has 5 rings (SSSR count). The van der Waals surface area contributed by atoms with E-state index in [1.165, 1.54) is 28.8 Å². The summed E-state index contributed by atoms with van der Waals surface area (Å²) in [5, 5.41) is 0. The zero-order chi connectivity index (χ0) is 13.1. The Morgan fingerprint density at radius 3 is 2.90 bits per heavy atom. The minimum Gasteiger partial charge on any atom is -0.493 e. The van der Waals surface area contributed by atoms with Crippen molar-refractivity contribution >= 4 is 0 Å². The summed E-state index contributed by atoms with van der Waals surface area (Å²) in [6, 6.07) is 16.0. The third kappa shape index (κ3) is 1.32. The fraction of sp³-hybridized carbons (Fsp3) is 0.333. The number of benzene rings is 2. The second kappa shape index (κ2) is 3.86. The molecule has 2 aromatic carbocycles. The monoisotopic (exact) mass is 263 g/mol. The van der Waals surface area contributed by atoms with Crippen molar-refractivity contribution in [2.45, 2.75) is 24.9 Å². The summed E-state index contributed by atoms with van der Waals surface area (Å²) in [5.74, 6) is 1.61. The van der Waals surface area contributed by atoms with Gasteiger partial charge in [-0.15, -0.1) is 0 Å². The Kier molecular flexibility index (Phi) is 2.11. The number of ether oxygens (including phenoxy) is 1. The fourth-order valence-electron chi connectivity index (χ4n) is 4.28. The van der Waals surface area contributed by atoms with Crippen molar-refractivity contribution in [3.63, 3.8) is 0 Å². The summed E-state index contributed by atoms with van der Waals surface area (Å²) in [5.41, 5.74) is 5.94. The van der Waals surface area contributed by atoms with Gasteiger partial charge in [0.25, 0.3) is 0 Å². The molecule has 0 saturated heterocycles. The molecule has 2 aromatic rings. The van der Waals surface area contributed by atoms with Crippen LogP contribution in [-0.4, -0.2) is 18.1 Å². The number of hydrogen-bond donors (Lipinski definition) is 0. The van der Waals surface area contributed by atoms with Crippen LogP contribution in [0, 0.1) is 0 Å². The lowest BCUT2D eigenvalue weighted by atomic mass is 9.75. The van der Waals surface area contributed by atoms with E-state index in [4.69, 9.17) is 4.74 Å². The van der Waals surface area contributed by atoms with E-state index in [0.29, 0.717) is 12.0 Å². The van der Waals surface area contributed by atoms with Gasteiger partial charge in [-0.3, -0.25) is 4.90 Å². The first-order valence-electron chi connectivity index (χ1n) is 7.48. The highest BCUT2D eigenvalue weighted by Gasteiger charge is 2.43. The summed E-state index contributed by atoms with van der Waals surface area (Å²) in [6.45, 7) is 3.08. The maximum atomic E-state index is 6.09. The van der Waals surface area contributed by atoms with Crippen LogP contribution in [0.5, 0.6) is 5.75 Å². The first kappa shape index (κ1) is 10.9. The van der Waals surface area contributed by atoms with Crippen LogP contribution in [-0.2, 0) is 13.0 Å². The Labute approximate surface area is 119 Å². The van der Waals surface area contributed by atoms with Crippen molar-refractivity contribution in [3.8, 4) is 5.75 Å². The molecule has 0 aromatic heterocycles. The van der Waals surface area contributed by atoms with Gasteiger partial charge < -0.3 is 4.74 Å². The quantitative estimate of drug-likeness (QED) is 0.723. The van der Waals surface area contributed by atoms with Gasteiger partial charge in [-0.2, -0.15) is 0 Å². The average Bonchev–Trinajstić information content (AvgIpc) is 2.52. The number of hydrogen-bond acceptors (Lipinski definition) is 2. The van der Waals surface area contributed by atoms with Gasteiger partial charge in [-0.05, 0) is 29.2 Å². The molecule has 3 aliphatic heterocycles. The number of rotatable bonds is 0. The summed E-state index contributed by atoms with van der Waals surface area (Å²) in [4.78, 5) is 2.65. The van der Waals surface area contributed by atoms with Crippen LogP contribution in [0.4, 0.5) is 0 Å². The predicted molar refractivity (Wildman–Crippen MR) is 78.0 cm³/mol. The van der Waals surface area contributed by atoms with Crippen molar-refractivity contribution in [1.29, 1.82) is 0 Å². The van der Waals surface area contributed by atoms with E-state index in [-0.39, 0.29) is 0 Å². The van der Waals surface area contributed by atoms with Crippen molar-refractivity contribution in [2.75, 3.05) is 13.2 Å². The van der Waals surface area contributed by atoms with E-state index < -0.39 is 0 Å². The second-order valence-corrected chi connectivity index (χ2v) is 6.11. The van der Waals surface area contributed by atoms with Crippen LogP contribution in [0.3, 0.4) is 0 Å². The van der Waals surface area contributed by atoms with E-state index in [9.17, 15) is 0 Å². The highest BCUT2D eigenvalue weighted by Crippen LogP contribution is 2.51. The molecule has 2 atom stereocenters. The maximum Gasteiger partial charge on any atom is 0.124 e. The Bertz CT molecular complexity index is 679. The Balaban J connectivity index is 1.74. The smallest absolute Gasteiger partial charge is 0.124 e. The molecule has 2 heteroatoms. The lowest BCUT2D eigenvalue weighted by Crippen LogP contribution is -2.45. The molecule has 20 heavy (non-hydrogen) atoms. The van der Waals surface area contributed by atoms with Gasteiger partial charge in [0, 0.05) is 30.6 Å². The summed E-state index contributed by atoms with van der Waals surface area (Å²) in [6.07, 6.45) is 1.15. The fourth-order valence-corrected chi connectivity index (χ4v) is 4.28. The van der Waals surface area contributed by atoms with Gasteiger partial charge in [-0.25, -0.2) is 0 Å². The molecular formula is C18H17NO. The van der Waals surface area contributed by atoms with Gasteiger partial charge in [0.1, 0.15) is 5.75 Å². The largest absolute Gasteiger partial charge is 0.493 e. The lowest BCUT2D eigenvalue weighted by Gasteiger charge is -2.48. The SMILES string of the molecule is c1ccc2c(c1)CN1CCc3cccc4c3C1C2CO4.